The van der Waals surface area contributed by atoms with Crippen molar-refractivity contribution in [3.63, 3.8) is 0 Å². The minimum absolute atomic E-state index is 0.353. The number of aromatic nitrogens is 2. The first-order chi connectivity index (χ1) is 7.63. The van der Waals surface area contributed by atoms with Gasteiger partial charge in [-0.15, -0.1) is 0 Å². The molecule has 1 aliphatic rings. The summed E-state index contributed by atoms with van der Waals surface area (Å²) in [4.78, 5) is 8.28. The molecule has 3 N–H and O–H groups in total. The Hall–Kier alpha value is -1.32. The first-order valence-corrected chi connectivity index (χ1v) is 6.01. The van der Waals surface area contributed by atoms with Crippen molar-refractivity contribution in [3.05, 3.63) is 11.8 Å². The van der Waals surface area contributed by atoms with Crippen molar-refractivity contribution in [1.82, 2.24) is 9.97 Å². The molecule has 1 fully saturated rings. The highest BCUT2D eigenvalue weighted by Crippen LogP contribution is 2.25. The summed E-state index contributed by atoms with van der Waals surface area (Å²) in [5.41, 5.74) is 6.55. The number of rotatable bonds is 2. The monoisotopic (exact) mass is 220 g/mol. The van der Waals surface area contributed by atoms with Crippen LogP contribution in [0.3, 0.4) is 0 Å². The van der Waals surface area contributed by atoms with Crippen LogP contribution in [-0.4, -0.2) is 16.0 Å². The predicted molar refractivity (Wildman–Crippen MR) is 66.2 cm³/mol. The fourth-order valence-corrected chi connectivity index (χ4v) is 2.44. The molecule has 1 aromatic rings. The lowest BCUT2D eigenvalue weighted by Gasteiger charge is -2.27. The number of nitrogens with two attached hydrogens (primary N) is 1. The summed E-state index contributed by atoms with van der Waals surface area (Å²) in [5.74, 6) is 2.03. The van der Waals surface area contributed by atoms with E-state index in [-0.39, 0.29) is 0 Å². The maximum absolute atomic E-state index is 5.63. The van der Waals surface area contributed by atoms with Crippen molar-refractivity contribution < 1.29 is 0 Å². The molecule has 1 aromatic heterocycles. The normalized spacial score (nSPS) is 25.4. The van der Waals surface area contributed by atoms with Gasteiger partial charge in [0.1, 0.15) is 5.82 Å². The quantitative estimate of drug-likeness (QED) is 0.803. The maximum atomic E-state index is 5.63. The molecule has 88 valence electrons. The van der Waals surface area contributed by atoms with E-state index in [1.165, 1.54) is 25.7 Å². The van der Waals surface area contributed by atoms with Gasteiger partial charge in [0.2, 0.25) is 5.95 Å². The second-order valence-corrected chi connectivity index (χ2v) is 4.87. The lowest BCUT2D eigenvalue weighted by atomic mass is 9.87. The predicted octanol–water partition coefficient (Wildman–Crippen LogP) is 2.36. The molecule has 1 heterocycles. The second-order valence-electron chi connectivity index (χ2n) is 4.87. The van der Waals surface area contributed by atoms with Gasteiger partial charge in [-0.05, 0) is 25.7 Å². The van der Waals surface area contributed by atoms with Crippen LogP contribution in [0.2, 0.25) is 0 Å². The zero-order valence-electron chi connectivity index (χ0n) is 10.0. The van der Waals surface area contributed by atoms with E-state index in [1.807, 2.05) is 13.0 Å². The van der Waals surface area contributed by atoms with Crippen molar-refractivity contribution in [2.75, 3.05) is 11.1 Å². The van der Waals surface area contributed by atoms with Crippen LogP contribution >= 0.6 is 0 Å². The third-order valence-corrected chi connectivity index (χ3v) is 3.16. The molecular weight excluding hydrogens is 200 g/mol. The summed E-state index contributed by atoms with van der Waals surface area (Å²) in [6, 6.07) is 2.49. The molecule has 2 unspecified atom stereocenters. The summed E-state index contributed by atoms with van der Waals surface area (Å²) in [5, 5.41) is 3.46. The van der Waals surface area contributed by atoms with E-state index in [0.717, 1.165) is 17.4 Å². The van der Waals surface area contributed by atoms with Crippen molar-refractivity contribution >= 4 is 11.8 Å². The molecule has 0 aliphatic heterocycles. The Balaban J connectivity index is 2.02. The molecule has 4 heteroatoms. The first kappa shape index (κ1) is 11.2. The Bertz CT molecular complexity index is 344. The highest BCUT2D eigenvalue weighted by Gasteiger charge is 2.18. The molecule has 0 radical (unpaired) electrons. The van der Waals surface area contributed by atoms with Gasteiger partial charge in [-0.1, -0.05) is 19.8 Å². The number of hydrogen-bond acceptors (Lipinski definition) is 4. The molecule has 4 nitrogen and oxygen atoms in total. The summed E-state index contributed by atoms with van der Waals surface area (Å²) >= 11 is 0. The highest BCUT2D eigenvalue weighted by molar-refractivity contribution is 5.41. The second kappa shape index (κ2) is 4.68. The van der Waals surface area contributed by atoms with Gasteiger partial charge in [0, 0.05) is 17.8 Å². The van der Waals surface area contributed by atoms with Crippen molar-refractivity contribution in [1.29, 1.82) is 0 Å². The smallest absolute Gasteiger partial charge is 0.222 e. The maximum Gasteiger partial charge on any atom is 0.222 e. The lowest BCUT2D eigenvalue weighted by molar-refractivity contribution is 0.358. The largest absolute Gasteiger partial charge is 0.368 e. The van der Waals surface area contributed by atoms with Crippen LogP contribution in [0.5, 0.6) is 0 Å². The van der Waals surface area contributed by atoms with Crippen molar-refractivity contribution in [3.8, 4) is 0 Å². The fourth-order valence-electron chi connectivity index (χ4n) is 2.44. The van der Waals surface area contributed by atoms with E-state index in [2.05, 4.69) is 22.2 Å². The van der Waals surface area contributed by atoms with Crippen LogP contribution in [0.1, 0.15) is 38.3 Å². The van der Waals surface area contributed by atoms with Crippen LogP contribution < -0.4 is 11.1 Å². The van der Waals surface area contributed by atoms with E-state index < -0.39 is 0 Å². The van der Waals surface area contributed by atoms with Gasteiger partial charge in [-0.2, -0.15) is 4.98 Å². The molecule has 1 aliphatic carbocycles. The standard InChI is InChI=1S/C12H20N4/c1-8-4-3-5-10(6-8)15-11-7-9(2)14-12(13)16-11/h7-8,10H,3-6H2,1-2H3,(H3,13,14,15,16). The van der Waals surface area contributed by atoms with E-state index in [0.29, 0.717) is 12.0 Å². The molecule has 2 rings (SSSR count). The van der Waals surface area contributed by atoms with Crippen LogP contribution in [-0.2, 0) is 0 Å². The Kier molecular flexibility index (Phi) is 3.27. The number of aryl methyl sites for hydroxylation is 1. The molecule has 1 saturated carbocycles. The van der Waals surface area contributed by atoms with Crippen LogP contribution in [0.4, 0.5) is 11.8 Å². The van der Waals surface area contributed by atoms with E-state index in [4.69, 9.17) is 5.73 Å². The lowest BCUT2D eigenvalue weighted by Crippen LogP contribution is -2.26. The zero-order valence-corrected chi connectivity index (χ0v) is 10.0. The van der Waals surface area contributed by atoms with Gasteiger partial charge in [-0.3, -0.25) is 0 Å². The number of nitrogen functional groups attached to an aromatic ring is 1. The fraction of sp³-hybridized carbons (Fsp3) is 0.667. The van der Waals surface area contributed by atoms with Crippen LogP contribution in [0, 0.1) is 12.8 Å². The highest BCUT2D eigenvalue weighted by atomic mass is 15.1. The van der Waals surface area contributed by atoms with E-state index >= 15 is 0 Å². The Labute approximate surface area is 96.7 Å². The van der Waals surface area contributed by atoms with Crippen molar-refractivity contribution in [2.45, 2.75) is 45.6 Å². The Morgan fingerprint density at radius 3 is 2.88 bits per heavy atom. The Morgan fingerprint density at radius 1 is 1.38 bits per heavy atom. The molecule has 0 saturated heterocycles. The van der Waals surface area contributed by atoms with Crippen LogP contribution in [0.15, 0.2) is 6.07 Å². The average molecular weight is 220 g/mol. The number of nitrogens with zero attached hydrogens (tertiary/aromatic N) is 2. The third kappa shape index (κ3) is 2.84. The summed E-state index contributed by atoms with van der Waals surface area (Å²) < 4.78 is 0. The zero-order chi connectivity index (χ0) is 11.5. The number of anilines is 2. The minimum atomic E-state index is 0.353. The van der Waals surface area contributed by atoms with Gasteiger partial charge in [0.15, 0.2) is 0 Å². The van der Waals surface area contributed by atoms with Gasteiger partial charge >= 0.3 is 0 Å². The summed E-state index contributed by atoms with van der Waals surface area (Å²) in [6.07, 6.45) is 5.11. The van der Waals surface area contributed by atoms with Crippen molar-refractivity contribution in [2.24, 2.45) is 5.92 Å². The average Bonchev–Trinajstić information content (AvgIpc) is 2.15. The molecular formula is C12H20N4. The summed E-state index contributed by atoms with van der Waals surface area (Å²) in [6.45, 7) is 4.25. The Morgan fingerprint density at radius 2 is 2.19 bits per heavy atom. The molecule has 2 atom stereocenters. The molecule has 0 aromatic carbocycles. The SMILES string of the molecule is Cc1cc(NC2CCCC(C)C2)nc(N)n1. The topological polar surface area (TPSA) is 63.8 Å². The van der Waals surface area contributed by atoms with E-state index in [9.17, 15) is 0 Å². The number of hydrogen-bond donors (Lipinski definition) is 2. The van der Waals surface area contributed by atoms with E-state index in [1.54, 1.807) is 0 Å². The minimum Gasteiger partial charge on any atom is -0.368 e. The van der Waals surface area contributed by atoms with Gasteiger partial charge in [0.05, 0.1) is 0 Å². The van der Waals surface area contributed by atoms with Gasteiger partial charge in [0.25, 0.3) is 0 Å². The molecule has 0 amide bonds. The summed E-state index contributed by atoms with van der Waals surface area (Å²) in [7, 11) is 0. The first-order valence-electron chi connectivity index (χ1n) is 6.01. The van der Waals surface area contributed by atoms with Gasteiger partial charge < -0.3 is 11.1 Å². The molecule has 0 spiro atoms. The third-order valence-electron chi connectivity index (χ3n) is 3.16. The number of nitrogens with one attached hydrogen (secondary N) is 1. The molecule has 16 heavy (non-hydrogen) atoms. The van der Waals surface area contributed by atoms with Crippen LogP contribution in [0.25, 0.3) is 0 Å². The van der Waals surface area contributed by atoms with Gasteiger partial charge in [-0.25, -0.2) is 4.98 Å². The molecule has 0 bridgehead atoms.